The van der Waals surface area contributed by atoms with E-state index in [0.29, 0.717) is 17.6 Å². The highest BCUT2D eigenvalue weighted by Crippen LogP contribution is 2.12. The van der Waals surface area contributed by atoms with Crippen molar-refractivity contribution in [3.05, 3.63) is 0 Å². The van der Waals surface area contributed by atoms with E-state index in [1.165, 1.54) is 0 Å². The fourth-order valence-electron chi connectivity index (χ4n) is 1.59. The quantitative estimate of drug-likeness (QED) is 0.716. The highest BCUT2D eigenvalue weighted by molar-refractivity contribution is 7.91. The van der Waals surface area contributed by atoms with Gasteiger partial charge in [-0.15, -0.1) is 0 Å². The second-order valence-corrected chi connectivity index (χ2v) is 7.31. The van der Waals surface area contributed by atoms with E-state index >= 15 is 0 Å². The van der Waals surface area contributed by atoms with Gasteiger partial charge >= 0.3 is 0 Å². The van der Waals surface area contributed by atoms with Crippen molar-refractivity contribution in [2.75, 3.05) is 18.6 Å². The first-order valence-corrected chi connectivity index (χ1v) is 8.02. The van der Waals surface area contributed by atoms with Crippen LogP contribution in [0, 0.1) is 11.8 Å². The molecular formula is C12H27NO2S. The predicted molar refractivity (Wildman–Crippen MR) is 70.4 cm³/mol. The Morgan fingerprint density at radius 3 is 2.12 bits per heavy atom. The van der Waals surface area contributed by atoms with Crippen LogP contribution in [0.4, 0.5) is 0 Å². The average Bonchev–Trinajstić information content (AvgIpc) is 2.22. The molecule has 0 heterocycles. The summed E-state index contributed by atoms with van der Waals surface area (Å²) in [5.74, 6) is 1.44. The Labute approximate surface area is 101 Å². The van der Waals surface area contributed by atoms with Crippen molar-refractivity contribution in [2.45, 2.75) is 46.6 Å². The Bertz CT molecular complexity index is 273. The van der Waals surface area contributed by atoms with Gasteiger partial charge in [-0.3, -0.25) is 0 Å². The summed E-state index contributed by atoms with van der Waals surface area (Å²) in [5.41, 5.74) is 0. The summed E-state index contributed by atoms with van der Waals surface area (Å²) < 4.78 is 23.8. The van der Waals surface area contributed by atoms with Crippen molar-refractivity contribution in [2.24, 2.45) is 11.8 Å². The molecule has 0 aromatic rings. The number of nitrogens with one attached hydrogen (secondary N) is 1. The van der Waals surface area contributed by atoms with E-state index in [2.05, 4.69) is 33.0 Å². The molecule has 0 saturated heterocycles. The van der Waals surface area contributed by atoms with E-state index in [-0.39, 0.29) is 11.8 Å². The second kappa shape index (κ2) is 7.28. The molecule has 0 aliphatic heterocycles. The minimum absolute atomic E-state index is 0.0853. The SMILES string of the molecule is CCC(C)C(CS(=O)(=O)CCC(C)C)NC. The van der Waals surface area contributed by atoms with Crippen LogP contribution in [0.2, 0.25) is 0 Å². The van der Waals surface area contributed by atoms with Gasteiger partial charge in [0.15, 0.2) is 9.84 Å². The zero-order valence-corrected chi connectivity index (χ0v) is 12.1. The van der Waals surface area contributed by atoms with Gasteiger partial charge in [0.2, 0.25) is 0 Å². The van der Waals surface area contributed by atoms with E-state index in [4.69, 9.17) is 0 Å². The summed E-state index contributed by atoms with van der Waals surface area (Å²) in [6.45, 7) is 8.30. The van der Waals surface area contributed by atoms with Crippen molar-refractivity contribution in [1.29, 1.82) is 0 Å². The smallest absolute Gasteiger partial charge is 0.151 e. The normalized spacial score (nSPS) is 16.4. The molecule has 2 atom stereocenters. The molecule has 0 aromatic heterocycles. The Hall–Kier alpha value is -0.0900. The van der Waals surface area contributed by atoms with Gasteiger partial charge in [-0.1, -0.05) is 34.1 Å². The molecule has 0 amide bonds. The summed E-state index contributed by atoms with van der Waals surface area (Å²) in [6.07, 6.45) is 1.77. The minimum atomic E-state index is -2.91. The molecule has 1 N–H and O–H groups in total. The monoisotopic (exact) mass is 249 g/mol. The molecule has 0 spiro atoms. The highest BCUT2D eigenvalue weighted by atomic mass is 32.2. The largest absolute Gasteiger partial charge is 0.316 e. The first-order chi connectivity index (χ1) is 7.32. The van der Waals surface area contributed by atoms with Crippen LogP contribution in [0.5, 0.6) is 0 Å². The molecule has 0 radical (unpaired) electrons. The lowest BCUT2D eigenvalue weighted by molar-refractivity contribution is 0.413. The van der Waals surface area contributed by atoms with Gasteiger partial charge in [-0.05, 0) is 25.3 Å². The highest BCUT2D eigenvalue weighted by Gasteiger charge is 2.21. The Morgan fingerprint density at radius 2 is 1.75 bits per heavy atom. The van der Waals surface area contributed by atoms with Crippen LogP contribution in [0.3, 0.4) is 0 Å². The van der Waals surface area contributed by atoms with Crippen molar-refractivity contribution in [3.8, 4) is 0 Å². The molecule has 0 rings (SSSR count). The minimum Gasteiger partial charge on any atom is -0.316 e. The van der Waals surface area contributed by atoms with Crippen LogP contribution in [0.1, 0.15) is 40.5 Å². The summed E-state index contributed by atoms with van der Waals surface area (Å²) in [6, 6.07) is 0.0853. The fraction of sp³-hybridized carbons (Fsp3) is 1.00. The van der Waals surface area contributed by atoms with Gasteiger partial charge in [-0.25, -0.2) is 8.42 Å². The maximum Gasteiger partial charge on any atom is 0.151 e. The van der Waals surface area contributed by atoms with Gasteiger partial charge in [0.1, 0.15) is 0 Å². The lowest BCUT2D eigenvalue weighted by atomic mass is 10.0. The second-order valence-electron chi connectivity index (χ2n) is 5.08. The van der Waals surface area contributed by atoms with Crippen LogP contribution in [-0.2, 0) is 9.84 Å². The molecule has 4 heteroatoms. The van der Waals surface area contributed by atoms with Crippen LogP contribution >= 0.6 is 0 Å². The standard InChI is InChI=1S/C12H27NO2S/c1-6-11(4)12(13-5)9-16(14,15)8-7-10(2)3/h10-13H,6-9H2,1-5H3. The van der Waals surface area contributed by atoms with Gasteiger partial charge in [0, 0.05) is 6.04 Å². The van der Waals surface area contributed by atoms with E-state index in [1.54, 1.807) is 0 Å². The molecule has 0 bridgehead atoms. The van der Waals surface area contributed by atoms with Gasteiger partial charge in [0.05, 0.1) is 11.5 Å². The molecule has 0 aliphatic carbocycles. The van der Waals surface area contributed by atoms with Crippen LogP contribution in [-0.4, -0.2) is 33.0 Å². The summed E-state index contributed by atoms with van der Waals surface area (Å²) in [7, 11) is -1.06. The van der Waals surface area contributed by atoms with Gasteiger partial charge in [-0.2, -0.15) is 0 Å². The third kappa shape index (κ3) is 6.48. The zero-order chi connectivity index (χ0) is 12.8. The van der Waals surface area contributed by atoms with E-state index in [1.807, 2.05) is 7.05 Å². The van der Waals surface area contributed by atoms with Crippen LogP contribution in [0.15, 0.2) is 0 Å². The first-order valence-electron chi connectivity index (χ1n) is 6.20. The average molecular weight is 249 g/mol. The molecule has 3 nitrogen and oxygen atoms in total. The number of hydrogen-bond acceptors (Lipinski definition) is 3. The number of sulfone groups is 1. The molecule has 16 heavy (non-hydrogen) atoms. The maximum absolute atomic E-state index is 11.9. The fourth-order valence-corrected chi connectivity index (χ4v) is 3.63. The summed E-state index contributed by atoms with van der Waals surface area (Å²) in [4.78, 5) is 0. The van der Waals surface area contributed by atoms with Crippen LogP contribution in [0.25, 0.3) is 0 Å². The number of rotatable bonds is 8. The Morgan fingerprint density at radius 1 is 1.19 bits per heavy atom. The van der Waals surface area contributed by atoms with Crippen LogP contribution < -0.4 is 5.32 Å². The van der Waals surface area contributed by atoms with E-state index < -0.39 is 9.84 Å². The van der Waals surface area contributed by atoms with Gasteiger partial charge in [0.25, 0.3) is 0 Å². The Kier molecular flexibility index (Phi) is 7.24. The van der Waals surface area contributed by atoms with Crippen molar-refractivity contribution in [1.82, 2.24) is 5.32 Å². The Balaban J connectivity index is 4.32. The number of hydrogen-bond donors (Lipinski definition) is 1. The topological polar surface area (TPSA) is 46.2 Å². The lowest BCUT2D eigenvalue weighted by Crippen LogP contribution is -2.39. The van der Waals surface area contributed by atoms with E-state index in [0.717, 1.165) is 12.8 Å². The third-order valence-corrected chi connectivity index (χ3v) is 4.87. The lowest BCUT2D eigenvalue weighted by Gasteiger charge is -2.22. The third-order valence-electron chi connectivity index (χ3n) is 3.14. The molecule has 0 aliphatic rings. The zero-order valence-electron chi connectivity index (χ0n) is 11.3. The maximum atomic E-state index is 11.9. The molecule has 0 saturated carbocycles. The van der Waals surface area contributed by atoms with Gasteiger partial charge < -0.3 is 5.32 Å². The van der Waals surface area contributed by atoms with Crippen molar-refractivity contribution in [3.63, 3.8) is 0 Å². The molecule has 0 aromatic carbocycles. The first kappa shape index (κ1) is 15.9. The molecule has 98 valence electrons. The van der Waals surface area contributed by atoms with E-state index in [9.17, 15) is 8.42 Å². The molecular weight excluding hydrogens is 222 g/mol. The summed E-state index contributed by atoms with van der Waals surface area (Å²) >= 11 is 0. The molecule has 0 fully saturated rings. The molecule has 2 unspecified atom stereocenters. The predicted octanol–water partition coefficient (Wildman–Crippen LogP) is 2.08. The van der Waals surface area contributed by atoms with Crippen molar-refractivity contribution >= 4 is 9.84 Å². The summed E-state index contributed by atoms with van der Waals surface area (Å²) in [5, 5.41) is 3.12. The van der Waals surface area contributed by atoms with Crippen molar-refractivity contribution < 1.29 is 8.42 Å².